The van der Waals surface area contributed by atoms with Crippen LogP contribution in [0.2, 0.25) is 5.02 Å². The fraction of sp³-hybridized carbons (Fsp3) is 0.529. The van der Waals surface area contributed by atoms with Crippen LogP contribution in [0.4, 0.5) is 5.69 Å². The molecule has 1 aromatic rings. The van der Waals surface area contributed by atoms with Crippen LogP contribution in [0.15, 0.2) is 12.1 Å². The van der Waals surface area contributed by atoms with Crippen molar-refractivity contribution in [1.82, 2.24) is 4.90 Å². The van der Waals surface area contributed by atoms with Crippen LogP contribution < -0.4 is 4.90 Å². The van der Waals surface area contributed by atoms with Gasteiger partial charge in [0.1, 0.15) is 0 Å². The first-order valence-corrected chi connectivity index (χ1v) is 8.28. The van der Waals surface area contributed by atoms with E-state index >= 15 is 0 Å². The highest BCUT2D eigenvalue weighted by Gasteiger charge is 2.27. The van der Waals surface area contributed by atoms with Crippen molar-refractivity contribution in [3.63, 3.8) is 0 Å². The van der Waals surface area contributed by atoms with E-state index in [1.54, 1.807) is 6.92 Å². The maximum atomic E-state index is 11.5. The second-order valence-corrected chi connectivity index (χ2v) is 6.36. The van der Waals surface area contributed by atoms with Crippen molar-refractivity contribution in [2.45, 2.75) is 39.7 Å². The van der Waals surface area contributed by atoms with Crippen LogP contribution in [0.25, 0.3) is 0 Å². The van der Waals surface area contributed by atoms with Crippen molar-refractivity contribution < 1.29 is 14.7 Å². The Bertz CT molecular complexity index is 610. The lowest BCUT2D eigenvalue weighted by Gasteiger charge is -2.40. The number of aromatic carboxylic acids is 1. The van der Waals surface area contributed by atoms with Gasteiger partial charge in [0.15, 0.2) is 0 Å². The number of benzene rings is 1. The molecule has 0 aromatic heterocycles. The van der Waals surface area contributed by atoms with Crippen molar-refractivity contribution in [3.8, 4) is 0 Å². The van der Waals surface area contributed by atoms with E-state index in [0.29, 0.717) is 5.02 Å². The number of anilines is 1. The third-order valence-corrected chi connectivity index (χ3v) is 4.79. The van der Waals surface area contributed by atoms with Crippen LogP contribution >= 0.6 is 11.6 Å². The molecular weight excluding hydrogens is 316 g/mol. The molecule has 0 saturated carbocycles. The Morgan fingerprint density at radius 2 is 1.96 bits per heavy atom. The van der Waals surface area contributed by atoms with Gasteiger partial charge < -0.3 is 14.9 Å². The molecule has 0 spiro atoms. The summed E-state index contributed by atoms with van der Waals surface area (Å²) in [4.78, 5) is 26.9. The highest BCUT2D eigenvalue weighted by molar-refractivity contribution is 6.31. The fourth-order valence-corrected chi connectivity index (χ4v) is 3.52. The highest BCUT2D eigenvalue weighted by atomic mass is 35.5. The number of carboxylic acids is 1. The molecule has 0 unspecified atom stereocenters. The van der Waals surface area contributed by atoms with Crippen LogP contribution in [-0.2, 0) is 4.79 Å². The third kappa shape index (κ3) is 3.78. The van der Waals surface area contributed by atoms with E-state index in [2.05, 4.69) is 11.8 Å². The number of carboxylic acid groups (broad SMARTS) is 1. The van der Waals surface area contributed by atoms with Gasteiger partial charge in [0.05, 0.1) is 5.56 Å². The number of carbonyl (C=O) groups is 2. The lowest BCUT2D eigenvalue weighted by Crippen LogP contribution is -2.46. The average Bonchev–Trinajstić information content (AvgIpc) is 2.51. The SMILES string of the molecule is CCN(c1cc(Cl)cc(C(=O)O)c1C)C1CCN(C(C)=O)CC1. The molecule has 1 fully saturated rings. The van der Waals surface area contributed by atoms with E-state index in [1.165, 1.54) is 6.07 Å². The number of nitrogens with zero attached hydrogens (tertiary/aromatic N) is 2. The molecule has 1 amide bonds. The molecule has 1 saturated heterocycles. The molecule has 1 heterocycles. The Balaban J connectivity index is 2.28. The first-order valence-electron chi connectivity index (χ1n) is 7.90. The molecular formula is C17H23ClN2O3. The smallest absolute Gasteiger partial charge is 0.336 e. The monoisotopic (exact) mass is 338 g/mol. The Morgan fingerprint density at radius 1 is 1.35 bits per heavy atom. The predicted molar refractivity (Wildman–Crippen MR) is 91.4 cm³/mol. The minimum atomic E-state index is -0.964. The molecule has 1 aliphatic heterocycles. The summed E-state index contributed by atoms with van der Waals surface area (Å²) in [6.45, 7) is 7.72. The van der Waals surface area contributed by atoms with E-state index in [4.69, 9.17) is 11.6 Å². The summed E-state index contributed by atoms with van der Waals surface area (Å²) in [5.41, 5.74) is 1.85. The molecule has 0 atom stereocenters. The Morgan fingerprint density at radius 3 is 2.43 bits per heavy atom. The van der Waals surface area contributed by atoms with Gasteiger partial charge in [-0.15, -0.1) is 0 Å². The zero-order chi connectivity index (χ0) is 17.1. The number of hydrogen-bond acceptors (Lipinski definition) is 3. The number of rotatable bonds is 4. The van der Waals surface area contributed by atoms with Gasteiger partial charge in [0.25, 0.3) is 0 Å². The summed E-state index contributed by atoms with van der Waals surface area (Å²) in [6.07, 6.45) is 1.75. The number of piperidine rings is 1. The van der Waals surface area contributed by atoms with Gasteiger partial charge in [-0.1, -0.05) is 11.6 Å². The Kier molecular flexibility index (Phi) is 5.52. The van der Waals surface area contributed by atoms with Crippen molar-refractivity contribution in [2.24, 2.45) is 0 Å². The van der Waals surface area contributed by atoms with Gasteiger partial charge >= 0.3 is 5.97 Å². The Labute approximate surface area is 141 Å². The first-order chi connectivity index (χ1) is 10.8. The molecule has 23 heavy (non-hydrogen) atoms. The molecule has 126 valence electrons. The summed E-state index contributed by atoms with van der Waals surface area (Å²) in [7, 11) is 0. The van der Waals surface area contributed by atoms with Gasteiger partial charge in [0, 0.05) is 43.3 Å². The maximum Gasteiger partial charge on any atom is 0.336 e. The maximum absolute atomic E-state index is 11.5. The van der Waals surface area contributed by atoms with Crippen molar-refractivity contribution in [3.05, 3.63) is 28.3 Å². The zero-order valence-corrected chi connectivity index (χ0v) is 14.6. The Hall–Kier alpha value is -1.75. The standard InChI is InChI=1S/C17H23ClN2O3/c1-4-20(14-5-7-19(8-6-14)12(3)21)16-10-13(18)9-15(11(16)2)17(22)23/h9-10,14H,4-8H2,1-3H3,(H,22,23). The molecule has 5 nitrogen and oxygen atoms in total. The van der Waals surface area contributed by atoms with Crippen molar-refractivity contribution >= 4 is 29.2 Å². The predicted octanol–water partition coefficient (Wildman–Crippen LogP) is 3.18. The molecule has 0 radical (unpaired) electrons. The van der Waals surface area contributed by atoms with Crippen molar-refractivity contribution in [1.29, 1.82) is 0 Å². The van der Waals surface area contributed by atoms with E-state index in [0.717, 1.165) is 43.7 Å². The summed E-state index contributed by atoms with van der Waals surface area (Å²) < 4.78 is 0. The van der Waals surface area contributed by atoms with Gasteiger partial charge in [0.2, 0.25) is 5.91 Å². The van der Waals surface area contributed by atoms with Gasteiger partial charge in [-0.2, -0.15) is 0 Å². The zero-order valence-electron chi connectivity index (χ0n) is 13.8. The molecule has 1 aliphatic rings. The number of halogens is 1. The minimum absolute atomic E-state index is 0.110. The van der Waals surface area contributed by atoms with E-state index < -0.39 is 5.97 Å². The van der Waals surface area contributed by atoms with E-state index in [-0.39, 0.29) is 17.5 Å². The molecule has 1 aromatic carbocycles. The summed E-state index contributed by atoms with van der Waals surface area (Å²) >= 11 is 6.13. The van der Waals surface area contributed by atoms with Crippen LogP contribution in [0, 0.1) is 6.92 Å². The highest BCUT2D eigenvalue weighted by Crippen LogP contribution is 2.31. The second kappa shape index (κ2) is 7.21. The number of amides is 1. The largest absolute Gasteiger partial charge is 0.478 e. The van der Waals surface area contributed by atoms with Gasteiger partial charge in [-0.3, -0.25) is 4.79 Å². The summed E-state index contributed by atoms with van der Waals surface area (Å²) in [6, 6.07) is 3.62. The fourth-order valence-electron chi connectivity index (χ4n) is 3.30. The topological polar surface area (TPSA) is 60.9 Å². The quantitative estimate of drug-likeness (QED) is 0.916. The average molecular weight is 339 g/mol. The lowest BCUT2D eigenvalue weighted by atomic mass is 9.99. The molecule has 2 rings (SSSR count). The summed E-state index contributed by atoms with van der Waals surface area (Å²) in [5.74, 6) is -0.854. The third-order valence-electron chi connectivity index (χ3n) is 4.58. The van der Waals surface area contributed by atoms with Crippen molar-refractivity contribution in [2.75, 3.05) is 24.5 Å². The summed E-state index contributed by atoms with van der Waals surface area (Å²) in [5, 5.41) is 9.79. The molecule has 6 heteroatoms. The normalized spacial score (nSPS) is 15.6. The number of carbonyl (C=O) groups excluding carboxylic acids is 1. The van der Waals surface area contributed by atoms with E-state index in [9.17, 15) is 14.7 Å². The number of hydrogen-bond donors (Lipinski definition) is 1. The second-order valence-electron chi connectivity index (χ2n) is 5.93. The van der Waals surface area contributed by atoms with Gasteiger partial charge in [-0.05, 0) is 44.4 Å². The molecule has 1 N–H and O–H groups in total. The molecule has 0 aliphatic carbocycles. The van der Waals surface area contributed by atoms with Crippen LogP contribution in [-0.4, -0.2) is 47.6 Å². The van der Waals surface area contributed by atoms with Gasteiger partial charge in [-0.25, -0.2) is 4.79 Å². The van der Waals surface area contributed by atoms with E-state index in [1.807, 2.05) is 17.9 Å². The van der Waals surface area contributed by atoms with Crippen LogP contribution in [0.5, 0.6) is 0 Å². The number of likely N-dealkylation sites (tertiary alicyclic amines) is 1. The molecule has 0 bridgehead atoms. The first kappa shape index (κ1) is 17.6. The minimum Gasteiger partial charge on any atom is -0.478 e. The van der Waals surface area contributed by atoms with Crippen LogP contribution in [0.1, 0.15) is 42.6 Å². The lowest BCUT2D eigenvalue weighted by molar-refractivity contribution is -0.129. The van der Waals surface area contributed by atoms with Crippen LogP contribution in [0.3, 0.4) is 0 Å².